The summed E-state index contributed by atoms with van der Waals surface area (Å²) in [6, 6.07) is 9.00. The third-order valence-corrected chi connectivity index (χ3v) is 5.91. The van der Waals surface area contributed by atoms with Gasteiger partial charge in [0.15, 0.2) is 24.8 Å². The molecule has 2 heteroatoms. The van der Waals surface area contributed by atoms with E-state index in [9.17, 15) is 0 Å². The van der Waals surface area contributed by atoms with Gasteiger partial charge in [-0.15, -0.1) is 0 Å². The summed E-state index contributed by atoms with van der Waals surface area (Å²) in [6.45, 7) is 6.81. The third-order valence-electron chi connectivity index (χ3n) is 5.91. The Morgan fingerprint density at radius 3 is 1.17 bits per heavy atom. The summed E-state index contributed by atoms with van der Waals surface area (Å²) in [7, 11) is 0. The molecule has 0 atom stereocenters. The van der Waals surface area contributed by atoms with Crippen LogP contribution >= 0.6 is 0 Å². The molecule has 0 fully saturated rings. The van der Waals surface area contributed by atoms with Gasteiger partial charge in [-0.1, -0.05) is 71.6 Å². The van der Waals surface area contributed by atoms with Crippen LogP contribution in [-0.2, 0) is 13.1 Å². The summed E-state index contributed by atoms with van der Waals surface area (Å²) in [6.07, 6.45) is 26.8. The number of rotatable bonds is 16. The first kappa shape index (κ1) is 23.6. The number of unbranched alkanes of at least 4 members (excludes halogenated alkanes) is 11. The van der Waals surface area contributed by atoms with Crippen molar-refractivity contribution in [3.63, 3.8) is 0 Å². The van der Waals surface area contributed by atoms with Crippen molar-refractivity contribution < 1.29 is 9.13 Å². The van der Waals surface area contributed by atoms with Gasteiger partial charge < -0.3 is 0 Å². The number of hydrogen-bond acceptors (Lipinski definition) is 0. The molecule has 0 bridgehead atoms. The van der Waals surface area contributed by atoms with E-state index in [4.69, 9.17) is 0 Å². The SMILES string of the molecule is CCCCCCCCCCCC[n+]1ccc(-c2cc[n+](CCCCC)cc2)cc1. The van der Waals surface area contributed by atoms with Crippen LogP contribution in [0.15, 0.2) is 49.1 Å². The largest absolute Gasteiger partial charge is 0.205 e. The van der Waals surface area contributed by atoms with Gasteiger partial charge >= 0.3 is 0 Å². The monoisotopic (exact) mass is 396 g/mol. The Hall–Kier alpha value is -1.70. The van der Waals surface area contributed by atoms with E-state index in [1.165, 1.54) is 94.6 Å². The lowest BCUT2D eigenvalue weighted by atomic mass is 10.1. The quantitative estimate of drug-likeness (QED) is 0.212. The van der Waals surface area contributed by atoms with E-state index in [-0.39, 0.29) is 0 Å². The van der Waals surface area contributed by atoms with Crippen LogP contribution < -0.4 is 9.13 Å². The van der Waals surface area contributed by atoms with Gasteiger partial charge in [-0.05, 0) is 24.0 Å². The second kappa shape index (κ2) is 15.2. The lowest BCUT2D eigenvalue weighted by Crippen LogP contribution is -2.33. The maximum absolute atomic E-state index is 2.34. The van der Waals surface area contributed by atoms with E-state index in [0.29, 0.717) is 0 Å². The highest BCUT2D eigenvalue weighted by molar-refractivity contribution is 5.60. The van der Waals surface area contributed by atoms with Crippen molar-refractivity contribution >= 4 is 0 Å². The predicted molar refractivity (Wildman–Crippen MR) is 124 cm³/mol. The van der Waals surface area contributed by atoms with E-state index in [2.05, 4.69) is 72.0 Å². The standard InChI is InChI=1S/C27H44N2/c1-3-5-7-8-9-10-11-12-13-15-21-29-24-18-27(19-25-29)26-16-22-28(23-17-26)20-14-6-4-2/h16-19,22-25H,3-15,20-21H2,1-2H3/q+2. The Morgan fingerprint density at radius 1 is 0.448 bits per heavy atom. The van der Waals surface area contributed by atoms with Crippen LogP contribution in [0.1, 0.15) is 97.3 Å². The fourth-order valence-electron chi connectivity index (χ4n) is 3.92. The Labute approximate surface area is 180 Å². The first-order chi connectivity index (χ1) is 14.3. The van der Waals surface area contributed by atoms with Crippen molar-refractivity contribution in [2.45, 2.75) is 110 Å². The molecule has 2 rings (SSSR count). The first-order valence-electron chi connectivity index (χ1n) is 12.3. The van der Waals surface area contributed by atoms with Crippen LogP contribution in [0.2, 0.25) is 0 Å². The highest BCUT2D eigenvalue weighted by Gasteiger charge is 2.06. The second-order valence-electron chi connectivity index (χ2n) is 8.54. The number of pyridine rings is 2. The van der Waals surface area contributed by atoms with Gasteiger partial charge in [-0.25, -0.2) is 9.13 Å². The number of aromatic nitrogens is 2. The van der Waals surface area contributed by atoms with Crippen LogP contribution in [0.25, 0.3) is 11.1 Å². The molecule has 0 saturated heterocycles. The average molecular weight is 397 g/mol. The molecule has 0 aliphatic heterocycles. The van der Waals surface area contributed by atoms with Gasteiger partial charge in [0.05, 0.1) is 0 Å². The predicted octanol–water partition coefficient (Wildman–Crippen LogP) is 7.04. The topological polar surface area (TPSA) is 7.76 Å². The second-order valence-corrected chi connectivity index (χ2v) is 8.54. The molecule has 2 aromatic rings. The maximum Gasteiger partial charge on any atom is 0.169 e. The molecule has 2 nitrogen and oxygen atoms in total. The molecule has 2 aromatic heterocycles. The Kier molecular flexibility index (Phi) is 12.3. The van der Waals surface area contributed by atoms with Crippen molar-refractivity contribution in [3.8, 4) is 11.1 Å². The molecule has 0 amide bonds. The van der Waals surface area contributed by atoms with Gasteiger partial charge in [0.2, 0.25) is 0 Å². The molecule has 0 aromatic carbocycles. The molecule has 0 radical (unpaired) electrons. The lowest BCUT2D eigenvalue weighted by Gasteiger charge is -2.03. The molecular weight excluding hydrogens is 352 g/mol. The minimum absolute atomic E-state index is 1.13. The minimum atomic E-state index is 1.13. The smallest absolute Gasteiger partial charge is 0.169 e. The highest BCUT2D eigenvalue weighted by atomic mass is 14.9. The van der Waals surface area contributed by atoms with Gasteiger partial charge in [0, 0.05) is 37.1 Å². The van der Waals surface area contributed by atoms with E-state index < -0.39 is 0 Å². The first-order valence-corrected chi connectivity index (χ1v) is 12.3. The third kappa shape index (κ3) is 10.1. The van der Waals surface area contributed by atoms with E-state index in [0.717, 1.165) is 13.1 Å². The van der Waals surface area contributed by atoms with Crippen LogP contribution in [0, 0.1) is 0 Å². The van der Waals surface area contributed by atoms with Crippen LogP contribution in [-0.4, -0.2) is 0 Å². The minimum Gasteiger partial charge on any atom is -0.205 e. The van der Waals surface area contributed by atoms with Crippen LogP contribution in [0.4, 0.5) is 0 Å². The van der Waals surface area contributed by atoms with Crippen molar-refractivity contribution in [1.29, 1.82) is 0 Å². The normalized spacial score (nSPS) is 11.1. The fraction of sp³-hybridized carbons (Fsp3) is 0.630. The molecule has 160 valence electrons. The number of aryl methyl sites for hydroxylation is 2. The maximum atomic E-state index is 2.34. The molecule has 2 heterocycles. The average Bonchev–Trinajstić information content (AvgIpc) is 2.76. The molecule has 0 aliphatic rings. The fourth-order valence-corrected chi connectivity index (χ4v) is 3.92. The zero-order valence-corrected chi connectivity index (χ0v) is 19.1. The summed E-state index contributed by atoms with van der Waals surface area (Å²) in [4.78, 5) is 0. The van der Waals surface area contributed by atoms with Crippen molar-refractivity contribution in [2.75, 3.05) is 0 Å². The Morgan fingerprint density at radius 2 is 0.759 bits per heavy atom. The van der Waals surface area contributed by atoms with Crippen molar-refractivity contribution in [2.24, 2.45) is 0 Å². The molecule has 0 N–H and O–H groups in total. The van der Waals surface area contributed by atoms with Gasteiger partial charge in [-0.2, -0.15) is 0 Å². The Bertz CT molecular complexity index is 631. The summed E-state index contributed by atoms with van der Waals surface area (Å²) >= 11 is 0. The zero-order valence-electron chi connectivity index (χ0n) is 19.1. The van der Waals surface area contributed by atoms with Crippen LogP contribution in [0.5, 0.6) is 0 Å². The lowest BCUT2D eigenvalue weighted by molar-refractivity contribution is -0.697. The van der Waals surface area contributed by atoms with E-state index in [1.54, 1.807) is 0 Å². The highest BCUT2D eigenvalue weighted by Crippen LogP contribution is 2.16. The molecule has 29 heavy (non-hydrogen) atoms. The molecule has 0 spiro atoms. The molecule has 0 aliphatic carbocycles. The van der Waals surface area contributed by atoms with Gasteiger partial charge in [0.1, 0.15) is 13.1 Å². The zero-order chi connectivity index (χ0) is 20.6. The summed E-state index contributed by atoms with van der Waals surface area (Å²) < 4.78 is 4.63. The summed E-state index contributed by atoms with van der Waals surface area (Å²) in [5.41, 5.74) is 2.62. The summed E-state index contributed by atoms with van der Waals surface area (Å²) in [5, 5.41) is 0. The summed E-state index contributed by atoms with van der Waals surface area (Å²) in [5.74, 6) is 0. The van der Waals surface area contributed by atoms with E-state index >= 15 is 0 Å². The van der Waals surface area contributed by atoms with E-state index in [1.807, 2.05) is 0 Å². The van der Waals surface area contributed by atoms with Gasteiger partial charge in [0.25, 0.3) is 0 Å². The van der Waals surface area contributed by atoms with Crippen molar-refractivity contribution in [3.05, 3.63) is 49.1 Å². The van der Waals surface area contributed by atoms with Crippen molar-refractivity contribution in [1.82, 2.24) is 0 Å². The number of nitrogens with zero attached hydrogens (tertiary/aromatic N) is 2. The van der Waals surface area contributed by atoms with Crippen LogP contribution in [0.3, 0.4) is 0 Å². The molecular formula is C27H44N2+2. The molecule has 0 saturated carbocycles. The number of hydrogen-bond donors (Lipinski definition) is 0. The van der Waals surface area contributed by atoms with Gasteiger partial charge in [-0.3, -0.25) is 0 Å². The molecule has 0 unspecified atom stereocenters. The Balaban J connectivity index is 1.62.